The van der Waals surface area contributed by atoms with Gasteiger partial charge in [-0.25, -0.2) is 8.42 Å². The summed E-state index contributed by atoms with van der Waals surface area (Å²) in [6, 6.07) is 4.99. The van der Waals surface area contributed by atoms with Crippen LogP contribution in [0.2, 0.25) is 10.0 Å². The highest BCUT2D eigenvalue weighted by atomic mass is 35.5. The van der Waals surface area contributed by atoms with E-state index in [1.165, 1.54) is 4.31 Å². The van der Waals surface area contributed by atoms with Crippen molar-refractivity contribution in [3.05, 3.63) is 39.7 Å². The van der Waals surface area contributed by atoms with Crippen molar-refractivity contribution in [1.82, 2.24) is 14.8 Å². The van der Waals surface area contributed by atoms with E-state index in [1.807, 2.05) is 0 Å². The number of hydrogen-bond donors (Lipinski definition) is 1. The number of carbonyl (C=O) groups is 1. The lowest BCUT2D eigenvalue weighted by Gasteiger charge is -2.31. The predicted octanol–water partition coefficient (Wildman–Crippen LogP) is 3.58. The van der Waals surface area contributed by atoms with Crippen molar-refractivity contribution in [3.8, 4) is 5.75 Å². The number of carbonyl (C=O) groups excluding carboxylic acids is 1. The van der Waals surface area contributed by atoms with Crippen molar-refractivity contribution in [2.24, 2.45) is 5.92 Å². The Hall–Kier alpha value is -1.81. The van der Waals surface area contributed by atoms with Crippen LogP contribution in [0, 0.1) is 19.8 Å². The van der Waals surface area contributed by atoms with Crippen molar-refractivity contribution in [2.45, 2.75) is 38.0 Å². The third-order valence-corrected chi connectivity index (χ3v) is 7.73. The van der Waals surface area contributed by atoms with Crippen LogP contribution in [0.3, 0.4) is 0 Å². The van der Waals surface area contributed by atoms with Crippen molar-refractivity contribution in [2.75, 3.05) is 26.2 Å². The van der Waals surface area contributed by atoms with Crippen molar-refractivity contribution < 1.29 is 22.5 Å². The number of aromatic nitrogens is 1. The summed E-state index contributed by atoms with van der Waals surface area (Å²) in [4.78, 5) is 12.7. The van der Waals surface area contributed by atoms with Gasteiger partial charge in [0.1, 0.15) is 16.3 Å². The maximum absolute atomic E-state index is 13.0. The zero-order valence-electron chi connectivity index (χ0n) is 17.4. The fraction of sp³-hybridized carbons (Fsp3) is 0.500. The van der Waals surface area contributed by atoms with E-state index < -0.39 is 15.9 Å². The van der Waals surface area contributed by atoms with Crippen LogP contribution in [0.15, 0.2) is 27.6 Å². The number of sulfonamides is 1. The van der Waals surface area contributed by atoms with Gasteiger partial charge in [-0.2, -0.15) is 4.31 Å². The summed E-state index contributed by atoms with van der Waals surface area (Å²) < 4.78 is 38.0. The van der Waals surface area contributed by atoms with Gasteiger partial charge in [-0.1, -0.05) is 28.4 Å². The molecule has 0 radical (unpaired) electrons. The molecular weight excluding hydrogens is 465 g/mol. The summed E-state index contributed by atoms with van der Waals surface area (Å²) >= 11 is 11.9. The summed E-state index contributed by atoms with van der Waals surface area (Å²) in [5.41, 5.74) is 0.324. The number of ether oxygens (including phenoxy) is 1. The van der Waals surface area contributed by atoms with Gasteiger partial charge in [0.15, 0.2) is 5.76 Å². The van der Waals surface area contributed by atoms with Crippen LogP contribution in [0.4, 0.5) is 0 Å². The molecule has 0 aliphatic carbocycles. The molecule has 11 heteroatoms. The van der Waals surface area contributed by atoms with E-state index in [9.17, 15) is 13.2 Å². The molecule has 1 aliphatic heterocycles. The molecule has 1 unspecified atom stereocenters. The minimum Gasteiger partial charge on any atom is -0.492 e. The molecule has 1 N–H and O–H groups in total. The van der Waals surface area contributed by atoms with Crippen LogP contribution in [0.1, 0.15) is 30.7 Å². The second-order valence-corrected chi connectivity index (χ2v) is 10.1. The fourth-order valence-electron chi connectivity index (χ4n) is 3.55. The smallest absolute Gasteiger partial charge is 0.248 e. The normalized spacial score (nSPS) is 17.5. The first-order chi connectivity index (χ1) is 14.7. The van der Waals surface area contributed by atoms with E-state index in [1.54, 1.807) is 32.0 Å². The van der Waals surface area contributed by atoms with E-state index in [4.69, 9.17) is 32.5 Å². The van der Waals surface area contributed by atoms with Crippen LogP contribution < -0.4 is 10.1 Å². The quantitative estimate of drug-likeness (QED) is 0.568. The Labute approximate surface area is 191 Å². The van der Waals surface area contributed by atoms with Gasteiger partial charge in [-0.15, -0.1) is 0 Å². The minimum absolute atomic E-state index is 0.0894. The summed E-state index contributed by atoms with van der Waals surface area (Å²) in [5, 5.41) is 7.56. The monoisotopic (exact) mass is 489 g/mol. The lowest BCUT2D eigenvalue weighted by molar-refractivity contribution is -0.126. The number of benzene rings is 1. The topological polar surface area (TPSA) is 102 Å². The number of nitrogens with one attached hydrogen (secondary N) is 1. The zero-order chi connectivity index (χ0) is 22.6. The van der Waals surface area contributed by atoms with Gasteiger partial charge in [-0.05, 0) is 51.3 Å². The van der Waals surface area contributed by atoms with E-state index >= 15 is 0 Å². The molecule has 170 valence electrons. The van der Waals surface area contributed by atoms with E-state index in [2.05, 4.69) is 10.5 Å². The molecule has 1 fully saturated rings. The minimum atomic E-state index is -3.76. The maximum atomic E-state index is 13.0. The van der Waals surface area contributed by atoms with Crippen molar-refractivity contribution in [3.63, 3.8) is 0 Å². The largest absolute Gasteiger partial charge is 0.492 e. The lowest BCUT2D eigenvalue weighted by Crippen LogP contribution is -2.45. The number of amides is 1. The van der Waals surface area contributed by atoms with E-state index in [0.29, 0.717) is 60.4 Å². The molecule has 0 bridgehead atoms. The highest BCUT2D eigenvalue weighted by Gasteiger charge is 2.36. The number of rotatable bonds is 8. The van der Waals surface area contributed by atoms with Gasteiger partial charge >= 0.3 is 0 Å². The van der Waals surface area contributed by atoms with E-state index in [-0.39, 0.29) is 23.1 Å². The van der Waals surface area contributed by atoms with Gasteiger partial charge in [0.05, 0.1) is 17.5 Å². The third kappa shape index (κ3) is 5.71. The standard InChI is InChI=1S/C20H25Cl2N3O5S/c1-13-19(14(2)30-24-13)31(27,28)25-9-3-5-15(12-25)20(26)23-8-4-10-29-18-7-6-16(21)11-17(18)22/h6-7,11,15H,3-5,8-10,12H2,1-2H3,(H,23,26). The average Bonchev–Trinajstić information content (AvgIpc) is 3.08. The van der Waals surface area contributed by atoms with Crippen LogP contribution in [0.25, 0.3) is 0 Å². The van der Waals surface area contributed by atoms with Gasteiger partial charge in [-0.3, -0.25) is 4.79 Å². The van der Waals surface area contributed by atoms with Gasteiger partial charge in [0.25, 0.3) is 0 Å². The molecule has 1 atom stereocenters. The summed E-state index contributed by atoms with van der Waals surface area (Å²) in [5.74, 6) is 0.216. The zero-order valence-corrected chi connectivity index (χ0v) is 19.7. The molecule has 2 aromatic rings. The van der Waals surface area contributed by atoms with Crippen molar-refractivity contribution in [1.29, 1.82) is 0 Å². The summed E-state index contributed by atoms with van der Waals surface area (Å²) in [6.07, 6.45) is 1.83. The second-order valence-electron chi connectivity index (χ2n) is 7.42. The van der Waals surface area contributed by atoms with Crippen LogP contribution >= 0.6 is 23.2 Å². The first-order valence-electron chi connectivity index (χ1n) is 9.98. The summed E-state index contributed by atoms with van der Waals surface area (Å²) in [6.45, 7) is 4.45. The molecule has 1 aromatic carbocycles. The second kappa shape index (κ2) is 10.2. The van der Waals surface area contributed by atoms with Crippen LogP contribution in [-0.4, -0.2) is 50.0 Å². The van der Waals surface area contributed by atoms with Gasteiger partial charge in [0, 0.05) is 24.7 Å². The maximum Gasteiger partial charge on any atom is 0.248 e. The Bertz CT molecular complexity index is 1020. The number of piperidine rings is 1. The average molecular weight is 490 g/mol. The van der Waals surface area contributed by atoms with Crippen LogP contribution in [0.5, 0.6) is 5.75 Å². The third-order valence-electron chi connectivity index (χ3n) is 5.09. The first kappa shape index (κ1) is 23.8. The number of halogens is 2. The first-order valence-corrected chi connectivity index (χ1v) is 12.2. The highest BCUT2D eigenvalue weighted by Crippen LogP contribution is 2.28. The Morgan fingerprint density at radius 2 is 2.13 bits per heavy atom. The van der Waals surface area contributed by atoms with Gasteiger partial charge < -0.3 is 14.6 Å². The molecule has 0 saturated carbocycles. The molecule has 31 heavy (non-hydrogen) atoms. The Kier molecular flexibility index (Phi) is 7.85. The Balaban J connectivity index is 1.48. The van der Waals surface area contributed by atoms with Gasteiger partial charge in [0.2, 0.25) is 15.9 Å². The predicted molar refractivity (Wildman–Crippen MR) is 117 cm³/mol. The Morgan fingerprint density at radius 3 is 2.81 bits per heavy atom. The molecule has 3 rings (SSSR count). The Morgan fingerprint density at radius 1 is 1.35 bits per heavy atom. The van der Waals surface area contributed by atoms with Crippen LogP contribution in [-0.2, 0) is 14.8 Å². The molecule has 8 nitrogen and oxygen atoms in total. The number of hydrogen-bond acceptors (Lipinski definition) is 6. The fourth-order valence-corrected chi connectivity index (χ4v) is 5.83. The molecular formula is C20H25Cl2N3O5S. The molecule has 1 amide bonds. The summed E-state index contributed by atoms with van der Waals surface area (Å²) in [7, 11) is -3.76. The molecule has 1 aliphatic rings. The van der Waals surface area contributed by atoms with E-state index in [0.717, 1.165) is 0 Å². The SMILES string of the molecule is Cc1noc(C)c1S(=O)(=O)N1CCCC(C(=O)NCCCOc2ccc(Cl)cc2Cl)C1. The van der Waals surface area contributed by atoms with Crippen molar-refractivity contribution >= 4 is 39.1 Å². The number of aryl methyl sites for hydroxylation is 2. The molecule has 2 heterocycles. The molecule has 1 saturated heterocycles. The molecule has 1 aromatic heterocycles. The lowest BCUT2D eigenvalue weighted by atomic mass is 9.99. The highest BCUT2D eigenvalue weighted by molar-refractivity contribution is 7.89. The number of nitrogens with zero attached hydrogens (tertiary/aromatic N) is 2. The molecule has 0 spiro atoms.